The fourth-order valence-corrected chi connectivity index (χ4v) is 2.12. The Morgan fingerprint density at radius 3 is 2.71 bits per heavy atom. The van der Waals surface area contributed by atoms with Crippen LogP contribution in [0.5, 0.6) is 0 Å². The number of halogens is 2. The molecule has 0 radical (unpaired) electrons. The maximum absolute atomic E-state index is 12.0. The number of nitrogens with zero attached hydrogens (tertiary/aromatic N) is 1. The molecular weight excluding hydrogens is 186 g/mol. The molecule has 1 aliphatic heterocycles. The van der Waals surface area contributed by atoms with Crippen molar-refractivity contribution in [3.05, 3.63) is 0 Å². The van der Waals surface area contributed by atoms with Crippen molar-refractivity contribution in [2.75, 3.05) is 26.2 Å². The molecule has 0 bridgehead atoms. The van der Waals surface area contributed by atoms with Gasteiger partial charge < -0.3 is 10.2 Å². The second-order valence-electron chi connectivity index (χ2n) is 4.19. The molecule has 0 amide bonds. The van der Waals surface area contributed by atoms with E-state index in [0.717, 1.165) is 26.1 Å². The largest absolute Gasteiger partial charge is 0.307 e. The van der Waals surface area contributed by atoms with Gasteiger partial charge in [-0.1, -0.05) is 13.8 Å². The quantitative estimate of drug-likeness (QED) is 0.751. The van der Waals surface area contributed by atoms with E-state index in [1.54, 1.807) is 0 Å². The Morgan fingerprint density at radius 2 is 2.14 bits per heavy atom. The molecule has 1 N–H and O–H groups in total. The van der Waals surface area contributed by atoms with Gasteiger partial charge in [-0.2, -0.15) is 0 Å². The lowest BCUT2D eigenvalue weighted by Crippen LogP contribution is -2.49. The predicted octanol–water partition coefficient (Wildman–Crippen LogP) is 1.57. The molecule has 2 nitrogen and oxygen atoms in total. The molecule has 0 spiro atoms. The molecule has 2 unspecified atom stereocenters. The number of alkyl halides is 2. The summed E-state index contributed by atoms with van der Waals surface area (Å²) in [6.45, 7) is 7.14. The summed E-state index contributed by atoms with van der Waals surface area (Å²) >= 11 is 0. The first-order valence-electron chi connectivity index (χ1n) is 5.35. The third-order valence-corrected chi connectivity index (χ3v) is 2.74. The van der Waals surface area contributed by atoms with Gasteiger partial charge in [-0.25, -0.2) is 8.78 Å². The summed E-state index contributed by atoms with van der Waals surface area (Å²) in [4.78, 5) is 2.32. The van der Waals surface area contributed by atoms with Gasteiger partial charge >= 0.3 is 0 Å². The summed E-state index contributed by atoms with van der Waals surface area (Å²) in [6.07, 6.45) is -1.22. The number of hydrogen-bond donors (Lipinski definition) is 1. The number of likely N-dealkylation sites (N-methyl/N-ethyl adjacent to an activating group) is 1. The highest BCUT2D eigenvalue weighted by atomic mass is 19.3. The van der Waals surface area contributed by atoms with Crippen molar-refractivity contribution in [3.8, 4) is 0 Å². The van der Waals surface area contributed by atoms with Gasteiger partial charge in [0.15, 0.2) is 0 Å². The van der Waals surface area contributed by atoms with Gasteiger partial charge in [0.05, 0.1) is 6.54 Å². The first-order valence-corrected chi connectivity index (χ1v) is 5.35. The van der Waals surface area contributed by atoms with Crippen LogP contribution in [0.2, 0.25) is 0 Å². The summed E-state index contributed by atoms with van der Waals surface area (Å²) in [6, 6.07) is 0.243. The summed E-state index contributed by atoms with van der Waals surface area (Å²) < 4.78 is 24.0. The van der Waals surface area contributed by atoms with Crippen molar-refractivity contribution >= 4 is 0 Å². The van der Waals surface area contributed by atoms with Crippen LogP contribution >= 0.6 is 0 Å². The maximum atomic E-state index is 12.0. The van der Waals surface area contributed by atoms with Crippen molar-refractivity contribution in [2.45, 2.75) is 32.7 Å². The lowest BCUT2D eigenvalue weighted by atomic mass is 9.96. The molecule has 1 aliphatic rings. The predicted molar refractivity (Wildman–Crippen MR) is 53.7 cm³/mol. The number of nitrogens with one attached hydrogen (secondary N) is 1. The Hall–Kier alpha value is -0.220. The second kappa shape index (κ2) is 5.61. The van der Waals surface area contributed by atoms with Crippen LogP contribution in [0, 0.1) is 5.92 Å². The van der Waals surface area contributed by atoms with E-state index < -0.39 is 6.43 Å². The van der Waals surface area contributed by atoms with Crippen LogP contribution in [0.3, 0.4) is 0 Å². The lowest BCUT2D eigenvalue weighted by Gasteiger charge is -2.36. The number of hydrogen-bond acceptors (Lipinski definition) is 2. The maximum Gasteiger partial charge on any atom is 0.250 e. The van der Waals surface area contributed by atoms with E-state index in [1.165, 1.54) is 0 Å². The summed E-state index contributed by atoms with van der Waals surface area (Å²) in [5.41, 5.74) is 0. The van der Waals surface area contributed by atoms with Crippen LogP contribution in [0.1, 0.15) is 20.3 Å². The monoisotopic (exact) mass is 206 g/mol. The fraction of sp³-hybridized carbons (Fsp3) is 1.00. The molecule has 1 rings (SSSR count). The Labute approximate surface area is 84.7 Å². The minimum atomic E-state index is -2.23. The first kappa shape index (κ1) is 11.9. The van der Waals surface area contributed by atoms with Crippen LogP contribution in [0.4, 0.5) is 8.78 Å². The fourth-order valence-electron chi connectivity index (χ4n) is 2.12. The SMILES string of the molecule is CCN1CC(C)CC(NCC(F)F)C1. The average Bonchev–Trinajstić information content (AvgIpc) is 2.14. The zero-order valence-corrected chi connectivity index (χ0v) is 8.97. The zero-order chi connectivity index (χ0) is 10.6. The summed E-state index contributed by atoms with van der Waals surface area (Å²) in [5.74, 6) is 0.610. The molecule has 2 atom stereocenters. The molecule has 1 saturated heterocycles. The number of rotatable bonds is 4. The van der Waals surface area contributed by atoms with Crippen molar-refractivity contribution in [3.63, 3.8) is 0 Å². The van der Waals surface area contributed by atoms with E-state index in [0.29, 0.717) is 5.92 Å². The van der Waals surface area contributed by atoms with E-state index in [2.05, 4.69) is 24.1 Å². The number of piperidine rings is 1. The molecule has 4 heteroatoms. The normalized spacial score (nSPS) is 29.8. The minimum absolute atomic E-state index is 0.172. The molecule has 84 valence electrons. The van der Waals surface area contributed by atoms with E-state index in [1.807, 2.05) is 0 Å². The number of likely N-dealkylation sites (tertiary alicyclic amines) is 1. The molecule has 1 heterocycles. The standard InChI is InChI=1S/C10H20F2N2/c1-3-14-6-8(2)4-9(7-14)13-5-10(11)12/h8-10,13H,3-7H2,1-2H3. The van der Waals surface area contributed by atoms with E-state index in [9.17, 15) is 8.78 Å². The topological polar surface area (TPSA) is 15.3 Å². The molecule has 0 aromatic carbocycles. The third-order valence-electron chi connectivity index (χ3n) is 2.74. The van der Waals surface area contributed by atoms with E-state index in [4.69, 9.17) is 0 Å². The Balaban J connectivity index is 2.30. The van der Waals surface area contributed by atoms with Gasteiger partial charge in [0, 0.05) is 19.1 Å². The van der Waals surface area contributed by atoms with Crippen LogP contribution in [-0.4, -0.2) is 43.5 Å². The lowest BCUT2D eigenvalue weighted by molar-refractivity contribution is 0.115. The highest BCUT2D eigenvalue weighted by Gasteiger charge is 2.23. The van der Waals surface area contributed by atoms with E-state index >= 15 is 0 Å². The van der Waals surface area contributed by atoms with Crippen LogP contribution in [0.15, 0.2) is 0 Å². The smallest absolute Gasteiger partial charge is 0.250 e. The van der Waals surface area contributed by atoms with Crippen molar-refractivity contribution in [1.82, 2.24) is 10.2 Å². The third kappa shape index (κ3) is 3.88. The molecule has 0 aromatic rings. The second-order valence-corrected chi connectivity index (χ2v) is 4.19. The van der Waals surface area contributed by atoms with Gasteiger partial charge in [-0.3, -0.25) is 0 Å². The van der Waals surface area contributed by atoms with Crippen LogP contribution in [0.25, 0.3) is 0 Å². The van der Waals surface area contributed by atoms with Gasteiger partial charge in [0.25, 0.3) is 6.43 Å². The molecule has 14 heavy (non-hydrogen) atoms. The van der Waals surface area contributed by atoms with Gasteiger partial charge in [-0.15, -0.1) is 0 Å². The molecule has 0 aromatic heterocycles. The van der Waals surface area contributed by atoms with Gasteiger partial charge in [0.1, 0.15) is 0 Å². The Morgan fingerprint density at radius 1 is 1.43 bits per heavy atom. The highest BCUT2D eigenvalue weighted by Crippen LogP contribution is 2.15. The average molecular weight is 206 g/mol. The minimum Gasteiger partial charge on any atom is -0.307 e. The van der Waals surface area contributed by atoms with Crippen molar-refractivity contribution < 1.29 is 8.78 Å². The Bertz CT molecular complexity index is 164. The van der Waals surface area contributed by atoms with Gasteiger partial charge in [0.2, 0.25) is 0 Å². The Kier molecular flexibility index (Phi) is 4.75. The molecule has 1 fully saturated rings. The first-order chi connectivity index (χ1) is 6.61. The van der Waals surface area contributed by atoms with Crippen LogP contribution in [-0.2, 0) is 0 Å². The zero-order valence-electron chi connectivity index (χ0n) is 8.97. The molecule has 0 aliphatic carbocycles. The van der Waals surface area contributed by atoms with Gasteiger partial charge in [-0.05, 0) is 18.9 Å². The van der Waals surface area contributed by atoms with Crippen molar-refractivity contribution in [2.24, 2.45) is 5.92 Å². The highest BCUT2D eigenvalue weighted by molar-refractivity contribution is 4.81. The molecular formula is C10H20F2N2. The molecule has 0 saturated carbocycles. The summed E-state index contributed by atoms with van der Waals surface area (Å²) in [5, 5.41) is 2.92. The summed E-state index contributed by atoms with van der Waals surface area (Å²) in [7, 11) is 0. The van der Waals surface area contributed by atoms with Crippen molar-refractivity contribution in [1.29, 1.82) is 0 Å². The van der Waals surface area contributed by atoms with E-state index in [-0.39, 0.29) is 12.6 Å². The van der Waals surface area contributed by atoms with Crippen LogP contribution < -0.4 is 5.32 Å².